The number of pyridine rings is 1. The molecule has 2 aromatic rings. The first-order chi connectivity index (χ1) is 8.15. The van der Waals surface area contributed by atoms with E-state index in [0.717, 1.165) is 11.3 Å². The van der Waals surface area contributed by atoms with Crippen LogP contribution >= 0.6 is 0 Å². The van der Waals surface area contributed by atoms with Crippen LogP contribution in [0.5, 0.6) is 5.75 Å². The van der Waals surface area contributed by atoms with Crippen LogP contribution in [-0.4, -0.2) is 11.0 Å². The van der Waals surface area contributed by atoms with Gasteiger partial charge >= 0.3 is 5.97 Å². The molecule has 0 N–H and O–H groups in total. The van der Waals surface area contributed by atoms with Crippen LogP contribution in [0.4, 0.5) is 0 Å². The van der Waals surface area contributed by atoms with Crippen LogP contribution in [0, 0.1) is 13.8 Å². The highest BCUT2D eigenvalue weighted by Crippen LogP contribution is 2.14. The molecule has 0 aliphatic carbocycles. The van der Waals surface area contributed by atoms with Crippen LogP contribution in [0.15, 0.2) is 42.6 Å². The molecular formula is C14H13NO2. The fourth-order valence-corrected chi connectivity index (χ4v) is 1.43. The third-order valence-electron chi connectivity index (χ3n) is 2.35. The molecule has 86 valence electrons. The molecule has 0 amide bonds. The monoisotopic (exact) mass is 227 g/mol. The van der Waals surface area contributed by atoms with Gasteiger partial charge in [0.15, 0.2) is 0 Å². The highest BCUT2D eigenvalue weighted by molar-refractivity contribution is 5.90. The Morgan fingerprint density at radius 3 is 2.65 bits per heavy atom. The van der Waals surface area contributed by atoms with Crippen LogP contribution in [0.2, 0.25) is 0 Å². The van der Waals surface area contributed by atoms with Crippen molar-refractivity contribution in [1.82, 2.24) is 4.98 Å². The minimum atomic E-state index is -0.386. The normalized spacial score (nSPS) is 10.0. The first-order valence-corrected chi connectivity index (χ1v) is 5.36. The maximum Gasteiger partial charge on any atom is 0.345 e. The molecule has 2 rings (SSSR count). The van der Waals surface area contributed by atoms with Gasteiger partial charge in [0.1, 0.15) is 5.75 Å². The molecule has 0 aliphatic rings. The summed E-state index contributed by atoms with van der Waals surface area (Å²) in [6.07, 6.45) is 1.52. The van der Waals surface area contributed by atoms with Crippen LogP contribution < -0.4 is 4.74 Å². The summed E-state index contributed by atoms with van der Waals surface area (Å²) in [7, 11) is 0. The van der Waals surface area contributed by atoms with Gasteiger partial charge in [0, 0.05) is 11.9 Å². The summed E-state index contributed by atoms with van der Waals surface area (Å²) in [5.41, 5.74) is 2.38. The predicted octanol–water partition coefficient (Wildman–Crippen LogP) is 2.92. The second kappa shape index (κ2) is 4.78. The first kappa shape index (κ1) is 11.3. The number of aryl methyl sites for hydroxylation is 2. The molecule has 0 saturated heterocycles. The SMILES string of the molecule is Cc1cccc(OC(=O)c2ccc(C)nc2)c1. The molecule has 17 heavy (non-hydrogen) atoms. The fraction of sp³-hybridized carbons (Fsp3) is 0.143. The number of carbonyl (C=O) groups is 1. The van der Waals surface area contributed by atoms with Crippen LogP contribution in [0.25, 0.3) is 0 Å². The summed E-state index contributed by atoms with van der Waals surface area (Å²) in [6, 6.07) is 10.9. The van der Waals surface area contributed by atoms with Gasteiger partial charge < -0.3 is 4.74 Å². The van der Waals surface area contributed by atoms with Gasteiger partial charge in [-0.2, -0.15) is 0 Å². The predicted molar refractivity (Wildman–Crippen MR) is 65.1 cm³/mol. The Morgan fingerprint density at radius 1 is 1.18 bits per heavy atom. The van der Waals surface area contributed by atoms with E-state index in [1.807, 2.05) is 32.0 Å². The van der Waals surface area contributed by atoms with Crippen molar-refractivity contribution < 1.29 is 9.53 Å². The van der Waals surface area contributed by atoms with E-state index in [1.54, 1.807) is 18.2 Å². The molecule has 0 spiro atoms. The molecule has 0 radical (unpaired) electrons. The van der Waals surface area contributed by atoms with Crippen molar-refractivity contribution in [3.05, 3.63) is 59.4 Å². The average molecular weight is 227 g/mol. The van der Waals surface area contributed by atoms with Gasteiger partial charge in [-0.15, -0.1) is 0 Å². The second-order valence-corrected chi connectivity index (χ2v) is 3.89. The quantitative estimate of drug-likeness (QED) is 0.585. The average Bonchev–Trinajstić information content (AvgIpc) is 2.29. The number of hydrogen-bond donors (Lipinski definition) is 0. The van der Waals surface area contributed by atoms with Gasteiger partial charge in [-0.3, -0.25) is 4.98 Å². The minimum absolute atomic E-state index is 0.386. The third-order valence-corrected chi connectivity index (χ3v) is 2.35. The molecule has 1 aromatic heterocycles. The van der Waals surface area contributed by atoms with Gasteiger partial charge in [-0.1, -0.05) is 12.1 Å². The summed E-state index contributed by atoms with van der Waals surface area (Å²) in [5, 5.41) is 0. The zero-order valence-electron chi connectivity index (χ0n) is 9.81. The van der Waals surface area contributed by atoms with Crippen LogP contribution in [0.1, 0.15) is 21.6 Å². The number of esters is 1. The van der Waals surface area contributed by atoms with E-state index in [9.17, 15) is 4.79 Å². The van der Waals surface area contributed by atoms with Crippen LogP contribution in [-0.2, 0) is 0 Å². The lowest BCUT2D eigenvalue weighted by atomic mass is 10.2. The van der Waals surface area contributed by atoms with Crippen molar-refractivity contribution >= 4 is 5.97 Å². The van der Waals surface area contributed by atoms with E-state index in [-0.39, 0.29) is 5.97 Å². The fourth-order valence-electron chi connectivity index (χ4n) is 1.43. The molecule has 3 heteroatoms. The lowest BCUT2D eigenvalue weighted by molar-refractivity contribution is 0.0734. The summed E-state index contributed by atoms with van der Waals surface area (Å²) < 4.78 is 5.24. The van der Waals surface area contributed by atoms with Crippen molar-refractivity contribution in [2.75, 3.05) is 0 Å². The Morgan fingerprint density at radius 2 is 2.00 bits per heavy atom. The van der Waals surface area contributed by atoms with E-state index in [2.05, 4.69) is 4.98 Å². The van der Waals surface area contributed by atoms with E-state index in [1.165, 1.54) is 6.20 Å². The van der Waals surface area contributed by atoms with Gasteiger partial charge in [0.2, 0.25) is 0 Å². The number of nitrogens with zero attached hydrogens (tertiary/aromatic N) is 1. The first-order valence-electron chi connectivity index (χ1n) is 5.36. The van der Waals surface area contributed by atoms with Gasteiger partial charge in [-0.05, 0) is 43.7 Å². The van der Waals surface area contributed by atoms with Crippen molar-refractivity contribution in [3.63, 3.8) is 0 Å². The molecule has 3 nitrogen and oxygen atoms in total. The molecule has 0 saturated carbocycles. The summed E-state index contributed by atoms with van der Waals surface area (Å²) in [4.78, 5) is 15.8. The maximum absolute atomic E-state index is 11.8. The Hall–Kier alpha value is -2.16. The standard InChI is InChI=1S/C14H13NO2/c1-10-4-3-5-13(8-10)17-14(16)12-7-6-11(2)15-9-12/h3-9H,1-2H3. The Kier molecular flexibility index (Phi) is 3.19. The summed E-state index contributed by atoms with van der Waals surface area (Å²) in [6.45, 7) is 3.82. The zero-order valence-corrected chi connectivity index (χ0v) is 9.81. The molecule has 0 unspecified atom stereocenters. The number of benzene rings is 1. The number of hydrogen-bond acceptors (Lipinski definition) is 3. The topological polar surface area (TPSA) is 39.2 Å². The van der Waals surface area contributed by atoms with Crippen molar-refractivity contribution in [2.24, 2.45) is 0 Å². The summed E-state index contributed by atoms with van der Waals surface area (Å²) in [5.74, 6) is 0.165. The molecular weight excluding hydrogens is 214 g/mol. The summed E-state index contributed by atoms with van der Waals surface area (Å²) >= 11 is 0. The highest BCUT2D eigenvalue weighted by Gasteiger charge is 2.08. The zero-order chi connectivity index (χ0) is 12.3. The highest BCUT2D eigenvalue weighted by atomic mass is 16.5. The number of ether oxygens (including phenoxy) is 1. The number of aromatic nitrogens is 1. The van der Waals surface area contributed by atoms with E-state index in [0.29, 0.717) is 11.3 Å². The molecule has 0 bridgehead atoms. The minimum Gasteiger partial charge on any atom is -0.423 e. The Balaban J connectivity index is 2.14. The van der Waals surface area contributed by atoms with Gasteiger partial charge in [0.05, 0.1) is 5.56 Å². The van der Waals surface area contributed by atoms with Crippen LogP contribution in [0.3, 0.4) is 0 Å². The number of rotatable bonds is 2. The smallest absolute Gasteiger partial charge is 0.345 e. The largest absolute Gasteiger partial charge is 0.423 e. The molecule has 0 aliphatic heterocycles. The van der Waals surface area contributed by atoms with E-state index in [4.69, 9.17) is 4.74 Å². The number of carbonyl (C=O) groups excluding carboxylic acids is 1. The maximum atomic E-state index is 11.8. The Bertz CT molecular complexity index is 532. The lowest BCUT2D eigenvalue weighted by Gasteiger charge is -2.04. The van der Waals surface area contributed by atoms with Crippen molar-refractivity contribution in [2.45, 2.75) is 13.8 Å². The van der Waals surface area contributed by atoms with E-state index >= 15 is 0 Å². The van der Waals surface area contributed by atoms with Gasteiger partial charge in [-0.25, -0.2) is 4.79 Å². The third kappa shape index (κ3) is 2.91. The molecule has 1 aromatic carbocycles. The Labute approximate surface area is 100 Å². The molecule has 0 atom stereocenters. The molecule has 1 heterocycles. The van der Waals surface area contributed by atoms with Crippen molar-refractivity contribution in [3.8, 4) is 5.75 Å². The second-order valence-electron chi connectivity index (χ2n) is 3.89. The van der Waals surface area contributed by atoms with Gasteiger partial charge in [0.25, 0.3) is 0 Å². The molecule has 0 fully saturated rings. The van der Waals surface area contributed by atoms with E-state index < -0.39 is 0 Å². The lowest BCUT2D eigenvalue weighted by Crippen LogP contribution is -2.08. The van der Waals surface area contributed by atoms with Crippen molar-refractivity contribution in [1.29, 1.82) is 0 Å².